The molecule has 1 aliphatic carbocycles. The molecule has 0 radical (unpaired) electrons. The normalized spacial score (nSPS) is 16.9. The molecule has 2 nitrogen and oxygen atoms in total. The van der Waals surface area contributed by atoms with E-state index in [9.17, 15) is 0 Å². The summed E-state index contributed by atoms with van der Waals surface area (Å²) >= 11 is 0. The van der Waals surface area contributed by atoms with Crippen LogP contribution in [-0.4, -0.2) is 6.71 Å². The van der Waals surface area contributed by atoms with E-state index >= 15 is 0 Å². The molecule has 0 N–H and O–H groups in total. The Morgan fingerprint density at radius 3 is 2.00 bits per heavy atom. The molecule has 1 atom stereocenters. The molecule has 3 heteroatoms. The van der Waals surface area contributed by atoms with E-state index in [1.807, 2.05) is 6.07 Å². The number of hydrogen-bond donors (Lipinski definition) is 0. The highest BCUT2D eigenvalue weighted by Crippen LogP contribution is 2.37. The van der Waals surface area contributed by atoms with Crippen LogP contribution in [0.1, 0.15) is 24.5 Å². The Morgan fingerprint density at radius 2 is 1.34 bits per heavy atom. The number of fused-ring (bicyclic) bond motifs is 4. The summed E-state index contributed by atoms with van der Waals surface area (Å²) in [5, 5.41) is 0. The van der Waals surface area contributed by atoms with Gasteiger partial charge in [0, 0.05) is 5.46 Å². The van der Waals surface area contributed by atoms with Crippen LogP contribution < -0.4 is 25.9 Å². The lowest BCUT2D eigenvalue weighted by atomic mass is 9.35. The average Bonchev–Trinajstić information content (AvgIpc) is 2.89. The second-order valence-corrected chi connectivity index (χ2v) is 9.91. The Kier molecular flexibility index (Phi) is 4.53. The lowest BCUT2D eigenvalue weighted by molar-refractivity contribution is 0.464. The van der Waals surface area contributed by atoms with E-state index < -0.39 is 0 Å². The fourth-order valence-electron chi connectivity index (χ4n) is 5.47. The van der Waals surface area contributed by atoms with Gasteiger partial charge in [-0.05, 0) is 76.7 Å². The molecule has 0 bridgehead atoms. The maximum absolute atomic E-state index is 6.46. The standard InChI is InChI=1S/C32H25BO2/c1-20-6-10-22(11-7-20)24-14-16-26-30(18-24)34-28-4-3-5-29-32(28)33(26)27-17-15-25(19-31(27)35-29)23-12-8-21(2)9-13-23/h3-8,10-19,21H,9H2,1-2H3. The van der Waals surface area contributed by atoms with Gasteiger partial charge in [0.05, 0.1) is 0 Å². The highest BCUT2D eigenvalue weighted by molar-refractivity contribution is 6.98. The van der Waals surface area contributed by atoms with Crippen molar-refractivity contribution in [2.45, 2.75) is 20.3 Å². The van der Waals surface area contributed by atoms with E-state index in [2.05, 4.69) is 105 Å². The van der Waals surface area contributed by atoms with Gasteiger partial charge in [-0.1, -0.05) is 85.3 Å². The van der Waals surface area contributed by atoms with Gasteiger partial charge in [0.1, 0.15) is 23.0 Å². The zero-order valence-electron chi connectivity index (χ0n) is 19.9. The molecule has 0 aromatic heterocycles. The van der Waals surface area contributed by atoms with E-state index in [0.717, 1.165) is 40.4 Å². The lowest BCUT2D eigenvalue weighted by Gasteiger charge is -2.33. The van der Waals surface area contributed by atoms with Crippen molar-refractivity contribution in [2.75, 3.05) is 0 Å². The molecule has 0 fully saturated rings. The number of benzene rings is 4. The summed E-state index contributed by atoms with van der Waals surface area (Å²) in [5.41, 5.74) is 9.58. The third-order valence-electron chi connectivity index (χ3n) is 7.44. The van der Waals surface area contributed by atoms with E-state index in [-0.39, 0.29) is 6.71 Å². The van der Waals surface area contributed by atoms with Crippen molar-refractivity contribution in [2.24, 2.45) is 5.92 Å². The minimum Gasteiger partial charge on any atom is -0.458 e. The van der Waals surface area contributed by atoms with Crippen LogP contribution in [0, 0.1) is 12.8 Å². The van der Waals surface area contributed by atoms with E-state index in [1.54, 1.807) is 0 Å². The van der Waals surface area contributed by atoms with Crippen molar-refractivity contribution >= 4 is 28.7 Å². The van der Waals surface area contributed by atoms with Crippen LogP contribution in [0.25, 0.3) is 16.7 Å². The number of allylic oxidation sites excluding steroid dienone is 4. The molecule has 0 saturated carbocycles. The summed E-state index contributed by atoms with van der Waals surface area (Å²) in [4.78, 5) is 0. The smallest absolute Gasteiger partial charge is 0.260 e. The van der Waals surface area contributed by atoms with Crippen LogP contribution in [0.2, 0.25) is 0 Å². The molecule has 4 aromatic carbocycles. The first kappa shape index (κ1) is 20.4. The first-order chi connectivity index (χ1) is 17.1. The van der Waals surface area contributed by atoms with Crippen LogP contribution in [-0.2, 0) is 0 Å². The second kappa shape index (κ2) is 7.78. The quantitative estimate of drug-likeness (QED) is 0.284. The Hall–Kier alpha value is -3.98. The van der Waals surface area contributed by atoms with Gasteiger partial charge in [-0.3, -0.25) is 0 Å². The van der Waals surface area contributed by atoms with Crippen molar-refractivity contribution in [1.29, 1.82) is 0 Å². The summed E-state index contributed by atoms with van der Waals surface area (Å²) in [7, 11) is 0. The Morgan fingerprint density at radius 1 is 0.714 bits per heavy atom. The number of hydrogen-bond acceptors (Lipinski definition) is 2. The van der Waals surface area contributed by atoms with Crippen LogP contribution in [0.3, 0.4) is 0 Å². The molecule has 0 spiro atoms. The molecular weight excluding hydrogens is 427 g/mol. The second-order valence-electron chi connectivity index (χ2n) is 9.91. The predicted octanol–water partition coefficient (Wildman–Crippen LogP) is 6.37. The molecule has 4 aromatic rings. The predicted molar refractivity (Wildman–Crippen MR) is 145 cm³/mol. The van der Waals surface area contributed by atoms with Crippen LogP contribution in [0.15, 0.2) is 97.1 Å². The highest BCUT2D eigenvalue weighted by atomic mass is 16.5. The van der Waals surface area contributed by atoms with Crippen molar-refractivity contribution in [3.63, 3.8) is 0 Å². The third kappa shape index (κ3) is 3.34. The Balaban J connectivity index is 1.35. The fourth-order valence-corrected chi connectivity index (χ4v) is 5.47. The molecule has 0 saturated heterocycles. The molecule has 168 valence electrons. The van der Waals surface area contributed by atoms with Gasteiger partial charge in [0.25, 0.3) is 6.71 Å². The zero-order valence-corrected chi connectivity index (χ0v) is 19.9. The van der Waals surface area contributed by atoms with Crippen LogP contribution >= 0.6 is 0 Å². The summed E-state index contributed by atoms with van der Waals surface area (Å²) in [5.74, 6) is 4.21. The van der Waals surface area contributed by atoms with Crippen molar-refractivity contribution in [3.05, 3.63) is 108 Å². The number of aryl methyl sites for hydroxylation is 1. The first-order valence-corrected chi connectivity index (χ1v) is 12.4. The summed E-state index contributed by atoms with van der Waals surface area (Å²) < 4.78 is 12.9. The van der Waals surface area contributed by atoms with Crippen LogP contribution in [0.5, 0.6) is 23.0 Å². The maximum Gasteiger partial charge on any atom is 0.260 e. The zero-order chi connectivity index (χ0) is 23.5. The Labute approximate surface area is 206 Å². The van der Waals surface area contributed by atoms with Gasteiger partial charge in [-0.2, -0.15) is 0 Å². The summed E-state index contributed by atoms with van der Waals surface area (Å²) in [6.07, 6.45) is 7.93. The van der Waals surface area contributed by atoms with E-state index in [1.165, 1.54) is 33.2 Å². The molecule has 1 unspecified atom stereocenters. The fraction of sp³-hybridized carbons (Fsp3) is 0.125. The molecule has 2 aliphatic heterocycles. The largest absolute Gasteiger partial charge is 0.458 e. The monoisotopic (exact) mass is 452 g/mol. The number of rotatable bonds is 2. The van der Waals surface area contributed by atoms with E-state index in [0.29, 0.717) is 5.92 Å². The topological polar surface area (TPSA) is 18.5 Å². The first-order valence-electron chi connectivity index (χ1n) is 12.4. The average molecular weight is 452 g/mol. The highest BCUT2D eigenvalue weighted by Gasteiger charge is 2.40. The molecule has 7 rings (SSSR count). The van der Waals surface area contributed by atoms with E-state index in [4.69, 9.17) is 9.47 Å². The van der Waals surface area contributed by atoms with Gasteiger partial charge in [0.15, 0.2) is 0 Å². The lowest BCUT2D eigenvalue weighted by Crippen LogP contribution is -2.57. The van der Waals surface area contributed by atoms with Crippen molar-refractivity contribution in [1.82, 2.24) is 0 Å². The minimum absolute atomic E-state index is 0.0886. The minimum atomic E-state index is 0.0886. The summed E-state index contributed by atoms with van der Waals surface area (Å²) in [6.45, 7) is 4.45. The van der Waals surface area contributed by atoms with Gasteiger partial charge in [-0.15, -0.1) is 0 Å². The van der Waals surface area contributed by atoms with Gasteiger partial charge in [0.2, 0.25) is 0 Å². The Bertz CT molecular complexity index is 1540. The van der Waals surface area contributed by atoms with Crippen LogP contribution in [0.4, 0.5) is 0 Å². The summed E-state index contributed by atoms with van der Waals surface area (Å²) in [6, 6.07) is 28.1. The molecule has 3 aliphatic rings. The van der Waals surface area contributed by atoms with Crippen molar-refractivity contribution < 1.29 is 9.47 Å². The molecule has 2 heterocycles. The number of ether oxygens (including phenoxy) is 2. The van der Waals surface area contributed by atoms with Gasteiger partial charge in [-0.25, -0.2) is 0 Å². The third-order valence-corrected chi connectivity index (χ3v) is 7.44. The van der Waals surface area contributed by atoms with Gasteiger partial charge < -0.3 is 9.47 Å². The van der Waals surface area contributed by atoms with Crippen molar-refractivity contribution in [3.8, 4) is 34.1 Å². The SMILES string of the molecule is Cc1ccc(-c2ccc3c(c2)Oc2cccc4c2B3c2ccc(C3=CCC(C)C=C3)cc2O4)cc1. The van der Waals surface area contributed by atoms with Gasteiger partial charge >= 0.3 is 0 Å². The molecule has 0 amide bonds. The molecular formula is C32H25BO2. The molecule has 35 heavy (non-hydrogen) atoms. The maximum atomic E-state index is 6.46.